The van der Waals surface area contributed by atoms with Crippen molar-refractivity contribution in [2.75, 3.05) is 13.1 Å². The van der Waals surface area contributed by atoms with E-state index in [2.05, 4.69) is 0 Å². The molecule has 2 atom stereocenters. The van der Waals surface area contributed by atoms with Crippen LogP contribution in [0.2, 0.25) is 0 Å². The number of aryl methyl sites for hydroxylation is 1. The quantitative estimate of drug-likeness (QED) is 0.929. The second-order valence-corrected chi connectivity index (χ2v) is 7.30. The number of rotatable bonds is 3. The number of benzene rings is 1. The highest BCUT2D eigenvalue weighted by molar-refractivity contribution is 7.89. The molecule has 1 aromatic carbocycles. The van der Waals surface area contributed by atoms with Crippen molar-refractivity contribution in [1.29, 1.82) is 0 Å². The first-order valence-corrected chi connectivity index (χ1v) is 8.18. The van der Waals surface area contributed by atoms with Gasteiger partial charge in [-0.15, -0.1) is 12.4 Å². The van der Waals surface area contributed by atoms with Gasteiger partial charge >= 0.3 is 0 Å². The second kappa shape index (κ2) is 6.89. The Balaban J connectivity index is 0.00000200. The van der Waals surface area contributed by atoms with Gasteiger partial charge in [-0.05, 0) is 44.2 Å². The molecule has 114 valence electrons. The van der Waals surface area contributed by atoms with Gasteiger partial charge in [0.1, 0.15) is 0 Å². The summed E-state index contributed by atoms with van der Waals surface area (Å²) < 4.78 is 26.9. The minimum Gasteiger partial charge on any atom is -0.328 e. The van der Waals surface area contributed by atoms with Gasteiger partial charge in [0.05, 0.1) is 4.90 Å². The van der Waals surface area contributed by atoms with Crippen LogP contribution >= 0.6 is 12.4 Å². The monoisotopic (exact) mass is 318 g/mol. The smallest absolute Gasteiger partial charge is 0.243 e. The van der Waals surface area contributed by atoms with E-state index in [1.165, 1.54) is 0 Å². The van der Waals surface area contributed by atoms with E-state index in [0.29, 0.717) is 18.0 Å². The standard InChI is InChI=1S/C14H22N2O2S.ClH/c1-11-6-3-4-8-14(11)19(17,18)16-9-5-7-13(10-16)12(2)15;/h3-4,6,8,12-13H,5,7,9-10,15H2,1-2H3;1H. The summed E-state index contributed by atoms with van der Waals surface area (Å²) in [5.74, 6) is 0.257. The minimum absolute atomic E-state index is 0. The van der Waals surface area contributed by atoms with Crippen LogP contribution in [0.25, 0.3) is 0 Å². The van der Waals surface area contributed by atoms with Gasteiger partial charge < -0.3 is 5.73 Å². The largest absolute Gasteiger partial charge is 0.328 e. The van der Waals surface area contributed by atoms with Gasteiger partial charge in [0.25, 0.3) is 0 Å². The topological polar surface area (TPSA) is 63.4 Å². The van der Waals surface area contributed by atoms with Crippen LogP contribution in [0.3, 0.4) is 0 Å². The first kappa shape index (κ1) is 17.4. The summed E-state index contributed by atoms with van der Waals surface area (Å²) in [7, 11) is -3.38. The SMILES string of the molecule is Cc1ccccc1S(=O)(=O)N1CCCC(C(C)N)C1.Cl. The van der Waals surface area contributed by atoms with Crippen molar-refractivity contribution in [3.8, 4) is 0 Å². The van der Waals surface area contributed by atoms with Crippen molar-refractivity contribution >= 4 is 22.4 Å². The molecule has 0 bridgehead atoms. The minimum atomic E-state index is -3.38. The van der Waals surface area contributed by atoms with E-state index in [1.807, 2.05) is 26.0 Å². The van der Waals surface area contributed by atoms with Crippen molar-refractivity contribution < 1.29 is 8.42 Å². The molecule has 1 aliphatic heterocycles. The summed E-state index contributed by atoms with van der Waals surface area (Å²) in [4.78, 5) is 0.417. The maximum absolute atomic E-state index is 12.7. The number of nitrogens with zero attached hydrogens (tertiary/aromatic N) is 1. The number of sulfonamides is 1. The summed E-state index contributed by atoms with van der Waals surface area (Å²) in [6, 6.07) is 7.18. The normalized spacial score (nSPS) is 22.1. The van der Waals surface area contributed by atoms with Gasteiger partial charge in [-0.2, -0.15) is 4.31 Å². The first-order valence-electron chi connectivity index (χ1n) is 6.74. The third kappa shape index (κ3) is 3.52. The second-order valence-electron chi connectivity index (χ2n) is 5.39. The third-order valence-corrected chi connectivity index (χ3v) is 5.90. The number of halogens is 1. The molecule has 6 heteroatoms. The molecule has 0 spiro atoms. The van der Waals surface area contributed by atoms with E-state index >= 15 is 0 Å². The van der Waals surface area contributed by atoms with Crippen LogP contribution in [-0.2, 0) is 10.0 Å². The highest BCUT2D eigenvalue weighted by Crippen LogP contribution is 2.26. The highest BCUT2D eigenvalue weighted by atomic mass is 35.5. The van der Waals surface area contributed by atoms with Crippen LogP contribution in [0.4, 0.5) is 0 Å². The Labute approximate surface area is 127 Å². The molecule has 20 heavy (non-hydrogen) atoms. The Kier molecular flexibility index (Phi) is 6.01. The van der Waals surface area contributed by atoms with Crippen molar-refractivity contribution in [2.45, 2.75) is 37.6 Å². The van der Waals surface area contributed by atoms with Crippen molar-refractivity contribution in [3.63, 3.8) is 0 Å². The zero-order valence-corrected chi connectivity index (χ0v) is 13.6. The Bertz CT molecular complexity index is 546. The van der Waals surface area contributed by atoms with Gasteiger partial charge in [-0.3, -0.25) is 0 Å². The van der Waals surface area contributed by atoms with Crippen molar-refractivity contribution in [3.05, 3.63) is 29.8 Å². The average Bonchev–Trinajstić information content (AvgIpc) is 2.39. The fourth-order valence-corrected chi connectivity index (χ4v) is 4.37. The van der Waals surface area contributed by atoms with Crippen LogP contribution in [0.15, 0.2) is 29.2 Å². The molecule has 0 radical (unpaired) electrons. The van der Waals surface area contributed by atoms with E-state index in [9.17, 15) is 8.42 Å². The highest BCUT2D eigenvalue weighted by Gasteiger charge is 2.32. The van der Waals surface area contributed by atoms with Crippen molar-refractivity contribution in [1.82, 2.24) is 4.31 Å². The van der Waals surface area contributed by atoms with Gasteiger partial charge in [0.15, 0.2) is 0 Å². The maximum atomic E-state index is 12.7. The number of hydrogen-bond acceptors (Lipinski definition) is 3. The fraction of sp³-hybridized carbons (Fsp3) is 0.571. The van der Waals surface area contributed by atoms with Crippen LogP contribution in [0, 0.1) is 12.8 Å². The summed E-state index contributed by atoms with van der Waals surface area (Å²) in [6.07, 6.45) is 1.90. The van der Waals surface area contributed by atoms with Gasteiger partial charge in [-0.25, -0.2) is 8.42 Å². The Hall–Kier alpha value is -0.620. The summed E-state index contributed by atoms with van der Waals surface area (Å²) in [5.41, 5.74) is 6.72. The predicted molar refractivity (Wildman–Crippen MR) is 83.6 cm³/mol. The molecule has 1 saturated heterocycles. The van der Waals surface area contributed by atoms with Gasteiger partial charge in [0.2, 0.25) is 10.0 Å². The lowest BCUT2D eigenvalue weighted by Gasteiger charge is -2.34. The Morgan fingerprint density at radius 1 is 1.35 bits per heavy atom. The lowest BCUT2D eigenvalue weighted by atomic mass is 9.93. The van der Waals surface area contributed by atoms with Gasteiger partial charge in [-0.1, -0.05) is 18.2 Å². The summed E-state index contributed by atoms with van der Waals surface area (Å²) >= 11 is 0. The molecule has 1 heterocycles. The fourth-order valence-electron chi connectivity index (χ4n) is 2.61. The van der Waals surface area contributed by atoms with Crippen molar-refractivity contribution in [2.24, 2.45) is 11.7 Å². The Morgan fingerprint density at radius 3 is 2.60 bits per heavy atom. The van der Waals surface area contributed by atoms with Crippen LogP contribution in [0.1, 0.15) is 25.3 Å². The lowest BCUT2D eigenvalue weighted by molar-refractivity contribution is 0.243. The Morgan fingerprint density at radius 2 is 2.00 bits per heavy atom. The average molecular weight is 319 g/mol. The zero-order chi connectivity index (χ0) is 14.0. The van der Waals surface area contributed by atoms with Crippen LogP contribution in [-0.4, -0.2) is 31.9 Å². The summed E-state index contributed by atoms with van der Waals surface area (Å²) in [6.45, 7) is 4.92. The number of nitrogens with two attached hydrogens (primary N) is 1. The number of hydrogen-bond donors (Lipinski definition) is 1. The maximum Gasteiger partial charge on any atom is 0.243 e. The molecule has 0 saturated carbocycles. The molecule has 0 aromatic heterocycles. The number of piperidine rings is 1. The zero-order valence-electron chi connectivity index (χ0n) is 12.0. The molecule has 1 fully saturated rings. The molecule has 0 amide bonds. The van der Waals surface area contributed by atoms with Gasteiger partial charge in [0, 0.05) is 19.1 Å². The predicted octanol–water partition coefficient (Wildman–Crippen LogP) is 2.16. The molecule has 2 unspecified atom stereocenters. The first-order chi connectivity index (χ1) is 8.93. The molecular weight excluding hydrogens is 296 g/mol. The molecule has 1 aromatic rings. The summed E-state index contributed by atoms with van der Waals surface area (Å²) in [5, 5.41) is 0. The van der Waals surface area contributed by atoms with E-state index < -0.39 is 10.0 Å². The molecule has 1 aliphatic rings. The van der Waals surface area contributed by atoms with E-state index in [0.717, 1.165) is 18.4 Å². The van der Waals surface area contributed by atoms with E-state index in [4.69, 9.17) is 5.73 Å². The van der Waals surface area contributed by atoms with Crippen LogP contribution in [0.5, 0.6) is 0 Å². The van der Waals surface area contributed by atoms with E-state index in [1.54, 1.807) is 16.4 Å². The molecular formula is C14H23ClN2O2S. The lowest BCUT2D eigenvalue weighted by Crippen LogP contribution is -2.45. The molecule has 0 aliphatic carbocycles. The molecule has 4 nitrogen and oxygen atoms in total. The molecule has 2 rings (SSSR count). The van der Waals surface area contributed by atoms with Crippen LogP contribution < -0.4 is 5.73 Å². The molecule has 2 N–H and O–H groups in total. The third-order valence-electron chi connectivity index (χ3n) is 3.88. The van der Waals surface area contributed by atoms with E-state index in [-0.39, 0.29) is 24.4 Å².